The molecule has 0 bridgehead atoms. The average molecular weight is 149 g/mol. The molecule has 0 aromatic heterocycles. The van der Waals surface area contributed by atoms with Crippen molar-refractivity contribution in [1.82, 2.24) is 0 Å². The molecule has 0 N–H and O–H groups in total. The lowest BCUT2D eigenvalue weighted by Crippen LogP contribution is -1.90. The van der Waals surface area contributed by atoms with Gasteiger partial charge < -0.3 is 4.74 Å². The van der Waals surface area contributed by atoms with Crippen molar-refractivity contribution in [2.45, 2.75) is 13.3 Å². The van der Waals surface area contributed by atoms with Gasteiger partial charge in [0.05, 0.1) is 6.61 Å². The summed E-state index contributed by atoms with van der Waals surface area (Å²) < 4.78 is 5.28. The molecule has 11 heavy (non-hydrogen) atoms. The molecule has 1 rings (SSSR count). The van der Waals surface area contributed by atoms with Crippen LogP contribution in [0.5, 0.6) is 5.75 Å². The number of ether oxygens (including phenoxy) is 1. The molecule has 0 aliphatic rings. The topological polar surface area (TPSA) is 9.23 Å². The van der Waals surface area contributed by atoms with E-state index in [1.165, 1.54) is 5.56 Å². The van der Waals surface area contributed by atoms with Gasteiger partial charge in [-0.25, -0.2) is 0 Å². The maximum atomic E-state index is 5.28. The SMILES string of the molecule is [CH2]Cc1ccc(OCC)cc1. The van der Waals surface area contributed by atoms with E-state index in [1.54, 1.807) is 0 Å². The van der Waals surface area contributed by atoms with Crippen LogP contribution >= 0.6 is 0 Å². The summed E-state index contributed by atoms with van der Waals surface area (Å²) in [6.07, 6.45) is 0.840. The molecule has 1 aromatic carbocycles. The maximum absolute atomic E-state index is 5.28. The molecule has 1 heteroatoms. The van der Waals surface area contributed by atoms with Crippen LogP contribution in [0.2, 0.25) is 0 Å². The second-order valence-electron chi connectivity index (χ2n) is 2.33. The first-order chi connectivity index (χ1) is 5.36. The van der Waals surface area contributed by atoms with E-state index < -0.39 is 0 Å². The van der Waals surface area contributed by atoms with Crippen LogP contribution in [0.3, 0.4) is 0 Å². The second kappa shape index (κ2) is 4.02. The van der Waals surface area contributed by atoms with Crippen molar-refractivity contribution >= 4 is 0 Å². The first-order valence-electron chi connectivity index (χ1n) is 3.87. The third kappa shape index (κ3) is 2.26. The lowest BCUT2D eigenvalue weighted by molar-refractivity contribution is 0.340. The molecule has 0 unspecified atom stereocenters. The zero-order valence-electron chi connectivity index (χ0n) is 6.84. The Morgan fingerprint density at radius 3 is 2.36 bits per heavy atom. The van der Waals surface area contributed by atoms with Gasteiger partial charge in [-0.2, -0.15) is 0 Å². The quantitative estimate of drug-likeness (QED) is 0.641. The summed E-state index contributed by atoms with van der Waals surface area (Å²) in [5, 5.41) is 0. The van der Waals surface area contributed by atoms with Gasteiger partial charge in [-0.1, -0.05) is 12.1 Å². The number of benzene rings is 1. The van der Waals surface area contributed by atoms with Crippen LogP contribution in [0, 0.1) is 6.92 Å². The fourth-order valence-electron chi connectivity index (χ4n) is 0.919. The number of hydrogen-bond acceptors (Lipinski definition) is 1. The molecule has 0 aliphatic heterocycles. The minimum absolute atomic E-state index is 0.726. The monoisotopic (exact) mass is 149 g/mol. The van der Waals surface area contributed by atoms with Crippen molar-refractivity contribution in [3.8, 4) is 5.75 Å². The van der Waals surface area contributed by atoms with Crippen molar-refractivity contribution in [2.24, 2.45) is 0 Å². The van der Waals surface area contributed by atoms with Gasteiger partial charge in [0.2, 0.25) is 0 Å². The van der Waals surface area contributed by atoms with E-state index >= 15 is 0 Å². The second-order valence-corrected chi connectivity index (χ2v) is 2.33. The minimum Gasteiger partial charge on any atom is -0.494 e. The van der Waals surface area contributed by atoms with Crippen molar-refractivity contribution in [3.63, 3.8) is 0 Å². The Hall–Kier alpha value is -0.980. The Balaban J connectivity index is 2.66. The van der Waals surface area contributed by atoms with Crippen LogP contribution < -0.4 is 4.74 Å². The minimum atomic E-state index is 0.726. The van der Waals surface area contributed by atoms with Crippen LogP contribution in [-0.2, 0) is 6.42 Å². The molecule has 0 saturated heterocycles. The van der Waals surface area contributed by atoms with Crippen LogP contribution in [0.4, 0.5) is 0 Å². The highest BCUT2D eigenvalue weighted by molar-refractivity contribution is 5.27. The summed E-state index contributed by atoms with van der Waals surface area (Å²) in [6.45, 7) is 6.50. The van der Waals surface area contributed by atoms with E-state index in [0.29, 0.717) is 0 Å². The molecule has 0 heterocycles. The third-order valence-corrected chi connectivity index (χ3v) is 1.52. The largest absolute Gasteiger partial charge is 0.494 e. The van der Waals surface area contributed by atoms with Crippen LogP contribution in [0.1, 0.15) is 12.5 Å². The van der Waals surface area contributed by atoms with Crippen LogP contribution in [0.25, 0.3) is 0 Å². The van der Waals surface area contributed by atoms with Gasteiger partial charge in [0.1, 0.15) is 5.75 Å². The van der Waals surface area contributed by atoms with Crippen molar-refractivity contribution in [2.75, 3.05) is 6.61 Å². The first-order valence-corrected chi connectivity index (χ1v) is 3.87. The zero-order chi connectivity index (χ0) is 8.10. The molecule has 1 aromatic rings. The average Bonchev–Trinajstić information content (AvgIpc) is 2.07. The molecule has 0 spiro atoms. The lowest BCUT2D eigenvalue weighted by atomic mass is 10.2. The predicted octanol–water partition coefficient (Wildman–Crippen LogP) is 2.46. The van der Waals surface area contributed by atoms with Crippen molar-refractivity contribution in [3.05, 3.63) is 36.8 Å². The van der Waals surface area contributed by atoms with Gasteiger partial charge in [0.15, 0.2) is 0 Å². The summed E-state index contributed by atoms with van der Waals surface area (Å²) >= 11 is 0. The van der Waals surface area contributed by atoms with Gasteiger partial charge >= 0.3 is 0 Å². The van der Waals surface area contributed by atoms with Gasteiger partial charge in [-0.15, -0.1) is 0 Å². The number of rotatable bonds is 3. The van der Waals surface area contributed by atoms with Crippen molar-refractivity contribution in [1.29, 1.82) is 0 Å². The highest BCUT2D eigenvalue weighted by Gasteiger charge is 1.90. The Kier molecular flexibility index (Phi) is 2.96. The molecule has 0 amide bonds. The zero-order valence-corrected chi connectivity index (χ0v) is 6.84. The van der Waals surface area contributed by atoms with E-state index in [4.69, 9.17) is 4.74 Å². The predicted molar refractivity (Wildman–Crippen MR) is 46.7 cm³/mol. The summed E-state index contributed by atoms with van der Waals surface area (Å²) in [4.78, 5) is 0. The normalized spacial score (nSPS) is 9.64. The molecule has 0 atom stereocenters. The molecule has 1 radical (unpaired) electrons. The summed E-state index contributed by atoms with van der Waals surface area (Å²) in [7, 11) is 0. The van der Waals surface area contributed by atoms with Gasteiger partial charge in [0.25, 0.3) is 0 Å². The summed E-state index contributed by atoms with van der Waals surface area (Å²) in [6, 6.07) is 8.03. The lowest BCUT2D eigenvalue weighted by Gasteiger charge is -2.02. The Labute approximate surface area is 68.0 Å². The van der Waals surface area contributed by atoms with E-state index in [9.17, 15) is 0 Å². The number of hydrogen-bond donors (Lipinski definition) is 0. The Bertz CT molecular complexity index is 201. The van der Waals surface area contributed by atoms with E-state index in [-0.39, 0.29) is 0 Å². The molecule has 0 aliphatic carbocycles. The molecular weight excluding hydrogens is 136 g/mol. The highest BCUT2D eigenvalue weighted by atomic mass is 16.5. The maximum Gasteiger partial charge on any atom is 0.119 e. The molecule has 1 nitrogen and oxygen atoms in total. The van der Waals surface area contributed by atoms with Crippen molar-refractivity contribution < 1.29 is 4.74 Å². The first kappa shape index (κ1) is 8.12. The Morgan fingerprint density at radius 1 is 1.27 bits per heavy atom. The van der Waals surface area contributed by atoms with E-state index in [0.717, 1.165) is 18.8 Å². The fraction of sp³-hybridized carbons (Fsp3) is 0.300. The highest BCUT2D eigenvalue weighted by Crippen LogP contribution is 2.11. The van der Waals surface area contributed by atoms with E-state index in [1.807, 2.05) is 31.2 Å². The molecule has 0 saturated carbocycles. The molecule has 0 fully saturated rings. The smallest absolute Gasteiger partial charge is 0.119 e. The van der Waals surface area contributed by atoms with Crippen LogP contribution in [0.15, 0.2) is 24.3 Å². The molecular formula is C10H13O. The Morgan fingerprint density at radius 2 is 1.91 bits per heavy atom. The van der Waals surface area contributed by atoms with Gasteiger partial charge in [0, 0.05) is 0 Å². The van der Waals surface area contributed by atoms with Gasteiger partial charge in [-0.05, 0) is 38.0 Å². The summed E-state index contributed by atoms with van der Waals surface area (Å²) in [5.41, 5.74) is 1.24. The van der Waals surface area contributed by atoms with E-state index in [2.05, 4.69) is 6.92 Å². The van der Waals surface area contributed by atoms with Crippen LogP contribution in [-0.4, -0.2) is 6.61 Å². The standard InChI is InChI=1S/C10H13O/c1-3-9-5-7-10(8-6-9)11-4-2/h5-8H,1,3-4H2,2H3. The van der Waals surface area contributed by atoms with Gasteiger partial charge in [-0.3, -0.25) is 0 Å². The third-order valence-electron chi connectivity index (χ3n) is 1.52. The summed E-state index contributed by atoms with van der Waals surface area (Å²) in [5.74, 6) is 0.935. The fourth-order valence-corrected chi connectivity index (χ4v) is 0.919. The molecule has 59 valence electrons.